The third-order valence-corrected chi connectivity index (χ3v) is 5.44. The number of nitrogens with zero attached hydrogens (tertiary/aromatic N) is 2. The van der Waals surface area contributed by atoms with E-state index in [4.69, 9.17) is 5.73 Å². The van der Waals surface area contributed by atoms with Crippen LogP contribution >= 0.6 is 0 Å². The van der Waals surface area contributed by atoms with Crippen LogP contribution in [0.25, 0.3) is 0 Å². The highest BCUT2D eigenvalue weighted by Gasteiger charge is 2.38. The quantitative estimate of drug-likeness (QED) is 0.789. The zero-order chi connectivity index (χ0) is 14.7. The molecule has 110 valence electrons. The first-order valence-electron chi connectivity index (χ1n) is 6.56. The summed E-state index contributed by atoms with van der Waals surface area (Å²) in [5, 5.41) is 0.131. The van der Waals surface area contributed by atoms with Crippen molar-refractivity contribution in [3.63, 3.8) is 0 Å². The second kappa shape index (κ2) is 6.02. The van der Waals surface area contributed by atoms with Crippen LogP contribution < -0.4 is 5.73 Å². The summed E-state index contributed by atoms with van der Waals surface area (Å²) in [5.74, 6) is 0.584. The molecule has 19 heavy (non-hydrogen) atoms. The van der Waals surface area contributed by atoms with Crippen molar-refractivity contribution in [2.75, 3.05) is 13.1 Å². The summed E-state index contributed by atoms with van der Waals surface area (Å²) in [7, 11) is -3.59. The molecular formula is C12H24N4O2S. The molecule has 0 amide bonds. The van der Waals surface area contributed by atoms with Gasteiger partial charge in [-0.2, -0.15) is 4.31 Å². The highest BCUT2D eigenvalue weighted by Crippen LogP contribution is 2.26. The van der Waals surface area contributed by atoms with Gasteiger partial charge in [-0.15, -0.1) is 0 Å². The van der Waals surface area contributed by atoms with Crippen molar-refractivity contribution >= 4 is 10.0 Å². The zero-order valence-corrected chi connectivity index (χ0v) is 12.9. The molecule has 1 atom stereocenters. The maximum atomic E-state index is 12.7. The minimum Gasteiger partial charge on any atom is -0.332 e. The van der Waals surface area contributed by atoms with Gasteiger partial charge >= 0.3 is 0 Å². The van der Waals surface area contributed by atoms with Crippen LogP contribution in [-0.4, -0.2) is 41.3 Å². The van der Waals surface area contributed by atoms with Crippen molar-refractivity contribution in [3.8, 4) is 0 Å². The molecule has 7 heteroatoms. The molecule has 0 aliphatic heterocycles. The van der Waals surface area contributed by atoms with Crippen LogP contribution in [0, 0.1) is 6.92 Å². The van der Waals surface area contributed by atoms with E-state index in [1.165, 1.54) is 10.5 Å². The summed E-state index contributed by atoms with van der Waals surface area (Å²) in [5.41, 5.74) is 5.22. The van der Waals surface area contributed by atoms with Crippen LogP contribution in [0.15, 0.2) is 11.2 Å². The fraction of sp³-hybridized carbons (Fsp3) is 0.750. The van der Waals surface area contributed by atoms with Crippen LogP contribution in [-0.2, 0) is 10.0 Å². The number of hydrogen-bond donors (Lipinski definition) is 2. The monoisotopic (exact) mass is 288 g/mol. The Kier molecular flexibility index (Phi) is 5.11. The Morgan fingerprint density at radius 3 is 2.47 bits per heavy atom. The molecule has 1 aromatic rings. The second-order valence-corrected chi connectivity index (χ2v) is 6.80. The van der Waals surface area contributed by atoms with Crippen molar-refractivity contribution in [2.24, 2.45) is 5.73 Å². The molecule has 0 saturated heterocycles. The average Bonchev–Trinajstić information content (AvgIpc) is 2.82. The third kappa shape index (κ3) is 3.16. The van der Waals surface area contributed by atoms with E-state index in [-0.39, 0.29) is 11.6 Å². The van der Waals surface area contributed by atoms with E-state index in [0.717, 1.165) is 6.42 Å². The van der Waals surface area contributed by atoms with E-state index in [1.807, 2.05) is 20.8 Å². The van der Waals surface area contributed by atoms with Crippen molar-refractivity contribution < 1.29 is 8.42 Å². The molecule has 0 aliphatic rings. The summed E-state index contributed by atoms with van der Waals surface area (Å²) in [6.45, 7) is 8.24. The predicted octanol–water partition coefficient (Wildman–Crippen LogP) is 1.25. The van der Waals surface area contributed by atoms with E-state index in [1.54, 1.807) is 6.92 Å². The maximum absolute atomic E-state index is 12.7. The number of H-pyrrole nitrogens is 1. The molecule has 1 unspecified atom stereocenters. The SMILES string of the molecule is CCCN(C(C)(CC)CN)S(=O)(=O)c1cnc(C)[nH]1. The minimum atomic E-state index is -3.59. The number of hydrogen-bond acceptors (Lipinski definition) is 4. The Morgan fingerprint density at radius 2 is 2.11 bits per heavy atom. The number of rotatable bonds is 7. The Balaban J connectivity index is 3.25. The van der Waals surface area contributed by atoms with Crippen molar-refractivity contribution in [1.82, 2.24) is 14.3 Å². The molecule has 0 spiro atoms. The molecule has 0 bridgehead atoms. The van der Waals surface area contributed by atoms with Crippen molar-refractivity contribution in [3.05, 3.63) is 12.0 Å². The molecule has 0 fully saturated rings. The van der Waals surface area contributed by atoms with Gasteiger partial charge in [-0.1, -0.05) is 13.8 Å². The van der Waals surface area contributed by atoms with Gasteiger partial charge in [0.1, 0.15) is 5.82 Å². The Morgan fingerprint density at radius 1 is 1.47 bits per heavy atom. The van der Waals surface area contributed by atoms with E-state index in [2.05, 4.69) is 9.97 Å². The fourth-order valence-corrected chi connectivity index (χ4v) is 3.86. The van der Waals surface area contributed by atoms with Gasteiger partial charge in [0.05, 0.1) is 6.20 Å². The molecule has 1 heterocycles. The van der Waals surface area contributed by atoms with Gasteiger partial charge in [0.25, 0.3) is 10.0 Å². The number of aryl methyl sites for hydroxylation is 1. The van der Waals surface area contributed by atoms with Gasteiger partial charge in [0.15, 0.2) is 5.03 Å². The van der Waals surface area contributed by atoms with Crippen molar-refractivity contribution in [1.29, 1.82) is 0 Å². The summed E-state index contributed by atoms with van der Waals surface area (Å²) < 4.78 is 26.9. The largest absolute Gasteiger partial charge is 0.332 e. The highest BCUT2D eigenvalue weighted by molar-refractivity contribution is 7.89. The molecule has 0 radical (unpaired) electrons. The van der Waals surface area contributed by atoms with Gasteiger partial charge in [0.2, 0.25) is 0 Å². The van der Waals surface area contributed by atoms with Gasteiger partial charge in [0, 0.05) is 18.6 Å². The molecule has 0 aliphatic carbocycles. The number of nitrogens with two attached hydrogens (primary N) is 1. The lowest BCUT2D eigenvalue weighted by molar-refractivity contribution is 0.205. The summed E-state index contributed by atoms with van der Waals surface area (Å²) in [6, 6.07) is 0. The standard InChI is InChI=1S/C12H24N4O2S/c1-5-7-16(12(4,6-2)9-13)19(17,18)11-8-14-10(3)15-11/h8H,5-7,9,13H2,1-4H3,(H,14,15). The van der Waals surface area contributed by atoms with Crippen LogP contribution in [0.4, 0.5) is 0 Å². The lowest BCUT2D eigenvalue weighted by Gasteiger charge is -2.38. The molecule has 0 saturated carbocycles. The van der Waals surface area contributed by atoms with E-state index in [0.29, 0.717) is 18.8 Å². The first kappa shape index (κ1) is 16.1. The smallest absolute Gasteiger partial charge is 0.260 e. The number of nitrogens with one attached hydrogen (secondary N) is 1. The average molecular weight is 288 g/mol. The van der Waals surface area contributed by atoms with Crippen molar-refractivity contribution in [2.45, 2.75) is 51.1 Å². The van der Waals surface area contributed by atoms with Gasteiger partial charge in [-0.25, -0.2) is 13.4 Å². The minimum absolute atomic E-state index is 0.131. The molecule has 3 N–H and O–H groups in total. The highest BCUT2D eigenvalue weighted by atomic mass is 32.2. The predicted molar refractivity (Wildman–Crippen MR) is 75.3 cm³/mol. The number of aromatic nitrogens is 2. The fourth-order valence-electron chi connectivity index (χ4n) is 1.95. The molecule has 0 aromatic carbocycles. The lowest BCUT2D eigenvalue weighted by Crippen LogP contribution is -2.54. The van der Waals surface area contributed by atoms with Crippen LogP contribution in [0.3, 0.4) is 0 Å². The summed E-state index contributed by atoms with van der Waals surface area (Å²) in [4.78, 5) is 6.76. The van der Waals surface area contributed by atoms with Crippen LogP contribution in [0.1, 0.15) is 39.4 Å². The van der Waals surface area contributed by atoms with Gasteiger partial charge in [-0.3, -0.25) is 0 Å². The Hall–Kier alpha value is -0.920. The third-order valence-electron chi connectivity index (χ3n) is 3.48. The first-order chi connectivity index (χ1) is 8.81. The number of aromatic amines is 1. The van der Waals surface area contributed by atoms with Crippen LogP contribution in [0.5, 0.6) is 0 Å². The molecular weight excluding hydrogens is 264 g/mol. The number of imidazole rings is 1. The van der Waals surface area contributed by atoms with E-state index in [9.17, 15) is 8.42 Å². The summed E-state index contributed by atoms with van der Waals surface area (Å²) >= 11 is 0. The van der Waals surface area contributed by atoms with E-state index >= 15 is 0 Å². The summed E-state index contributed by atoms with van der Waals surface area (Å²) in [6.07, 6.45) is 2.76. The second-order valence-electron chi connectivity index (χ2n) is 4.96. The normalized spacial score (nSPS) is 15.7. The molecule has 1 rings (SSSR count). The zero-order valence-electron chi connectivity index (χ0n) is 12.1. The lowest BCUT2D eigenvalue weighted by atomic mass is 9.99. The Labute approximate surface area is 115 Å². The van der Waals surface area contributed by atoms with Gasteiger partial charge in [-0.05, 0) is 26.7 Å². The molecule has 6 nitrogen and oxygen atoms in total. The Bertz CT molecular complexity index is 506. The van der Waals surface area contributed by atoms with Crippen LogP contribution in [0.2, 0.25) is 0 Å². The maximum Gasteiger partial charge on any atom is 0.260 e. The number of sulfonamides is 1. The first-order valence-corrected chi connectivity index (χ1v) is 8.00. The molecule has 1 aromatic heterocycles. The van der Waals surface area contributed by atoms with E-state index < -0.39 is 15.6 Å². The topological polar surface area (TPSA) is 92.1 Å². The van der Waals surface area contributed by atoms with Gasteiger partial charge < -0.3 is 10.7 Å².